The third-order valence-corrected chi connectivity index (χ3v) is 1.92. The molecule has 0 aliphatic rings. The zero-order chi connectivity index (χ0) is 9.26. The van der Waals surface area contributed by atoms with Gasteiger partial charge in [0.05, 0.1) is 0 Å². The lowest BCUT2D eigenvalue weighted by Crippen LogP contribution is -2.96. The number of nitrogens with one attached hydrogen (secondary N) is 3. The van der Waals surface area contributed by atoms with Gasteiger partial charge in [-0.25, -0.2) is 0 Å². The molecule has 0 aliphatic carbocycles. The molecule has 13 heavy (non-hydrogen) atoms. The number of aromatic nitrogens is 2. The molecule has 0 radical (unpaired) electrons. The second-order valence-electron chi connectivity index (χ2n) is 2.97. The van der Waals surface area contributed by atoms with E-state index in [4.69, 9.17) is 0 Å². The molecule has 0 saturated heterocycles. The highest BCUT2D eigenvalue weighted by Gasteiger charge is 2.07. The smallest absolute Gasteiger partial charge is 0.210 e. The van der Waals surface area contributed by atoms with Crippen LogP contribution in [-0.4, -0.2) is 9.97 Å². The molecular weight excluding hydrogens is 166 g/mol. The van der Waals surface area contributed by atoms with Crippen molar-refractivity contribution in [1.82, 2.24) is 9.97 Å². The zero-order valence-corrected chi connectivity index (χ0v) is 7.29. The van der Waals surface area contributed by atoms with Gasteiger partial charge in [-0.1, -0.05) is 0 Å². The van der Waals surface area contributed by atoms with E-state index in [1.165, 1.54) is 0 Å². The summed E-state index contributed by atoms with van der Waals surface area (Å²) in [5.41, 5.74) is 0.995. The molecule has 0 saturated carbocycles. The molecule has 2 aromatic heterocycles. The Bertz CT molecular complexity index is 377. The SMILES string of the molecule is Cc1ccc([NH+]([O-])c2ccc[nH]2)[nH]1. The van der Waals surface area contributed by atoms with E-state index in [0.29, 0.717) is 11.6 Å². The third kappa shape index (κ3) is 1.49. The lowest BCUT2D eigenvalue weighted by atomic mass is 10.5. The maximum Gasteiger partial charge on any atom is 0.210 e. The molecule has 68 valence electrons. The topological polar surface area (TPSA) is 59.1 Å². The van der Waals surface area contributed by atoms with Crippen LogP contribution in [0.2, 0.25) is 0 Å². The van der Waals surface area contributed by atoms with Gasteiger partial charge in [0, 0.05) is 24.0 Å². The van der Waals surface area contributed by atoms with Crippen molar-refractivity contribution in [2.45, 2.75) is 6.92 Å². The summed E-state index contributed by atoms with van der Waals surface area (Å²) in [4.78, 5) is 5.87. The maximum absolute atomic E-state index is 11.7. The molecule has 4 heteroatoms. The fraction of sp³-hybridized carbons (Fsp3) is 0.111. The Kier molecular flexibility index (Phi) is 1.92. The fourth-order valence-electron chi connectivity index (χ4n) is 1.25. The lowest BCUT2D eigenvalue weighted by Gasteiger charge is -2.16. The molecule has 0 bridgehead atoms. The van der Waals surface area contributed by atoms with Crippen molar-refractivity contribution in [2.75, 3.05) is 0 Å². The molecule has 2 heterocycles. The number of hydrogen-bond donors (Lipinski definition) is 3. The third-order valence-electron chi connectivity index (χ3n) is 1.92. The van der Waals surface area contributed by atoms with Crippen molar-refractivity contribution in [3.8, 4) is 0 Å². The van der Waals surface area contributed by atoms with Crippen molar-refractivity contribution in [1.29, 1.82) is 0 Å². The molecule has 0 amide bonds. The second kappa shape index (κ2) is 3.08. The van der Waals surface area contributed by atoms with Gasteiger partial charge in [0.25, 0.3) is 0 Å². The van der Waals surface area contributed by atoms with Gasteiger partial charge >= 0.3 is 0 Å². The first-order valence-corrected chi connectivity index (χ1v) is 4.11. The molecule has 1 unspecified atom stereocenters. The highest BCUT2D eigenvalue weighted by molar-refractivity contribution is 5.29. The highest BCUT2D eigenvalue weighted by atomic mass is 16.5. The predicted octanol–water partition coefficient (Wildman–Crippen LogP) is 0.997. The van der Waals surface area contributed by atoms with E-state index in [1.54, 1.807) is 18.3 Å². The van der Waals surface area contributed by atoms with Crippen LogP contribution in [0.1, 0.15) is 5.69 Å². The number of H-pyrrole nitrogens is 2. The van der Waals surface area contributed by atoms with E-state index in [1.807, 2.05) is 19.1 Å². The van der Waals surface area contributed by atoms with Crippen LogP contribution < -0.4 is 5.06 Å². The Labute approximate surface area is 75.8 Å². The van der Waals surface area contributed by atoms with Crippen LogP contribution in [0.4, 0.5) is 11.6 Å². The van der Waals surface area contributed by atoms with E-state index in [0.717, 1.165) is 5.69 Å². The Balaban J connectivity index is 2.28. The summed E-state index contributed by atoms with van der Waals surface area (Å²) in [6, 6.07) is 7.25. The van der Waals surface area contributed by atoms with Crippen LogP contribution in [0.3, 0.4) is 0 Å². The normalized spacial score (nSPS) is 13.1. The van der Waals surface area contributed by atoms with Crippen molar-refractivity contribution in [3.63, 3.8) is 0 Å². The predicted molar refractivity (Wildman–Crippen MR) is 50.0 cm³/mol. The standard InChI is InChI=1S/C9H11N3O/c1-7-4-5-9(11-7)12(13)8-3-2-6-10-8/h2-6,10-12H,1H3. The Hall–Kier alpha value is -1.52. The average Bonchev–Trinajstić information content (AvgIpc) is 2.72. The van der Waals surface area contributed by atoms with E-state index >= 15 is 0 Å². The monoisotopic (exact) mass is 177 g/mol. The largest absolute Gasteiger partial charge is 0.621 e. The Morgan fingerprint density at radius 2 is 2.08 bits per heavy atom. The molecule has 0 aliphatic heterocycles. The van der Waals surface area contributed by atoms with Crippen LogP contribution in [0.15, 0.2) is 30.5 Å². The van der Waals surface area contributed by atoms with Crippen molar-refractivity contribution in [3.05, 3.63) is 41.4 Å². The van der Waals surface area contributed by atoms with E-state index in [9.17, 15) is 5.21 Å². The lowest BCUT2D eigenvalue weighted by molar-refractivity contribution is -0.704. The molecule has 2 rings (SSSR count). The van der Waals surface area contributed by atoms with Crippen LogP contribution >= 0.6 is 0 Å². The summed E-state index contributed by atoms with van der Waals surface area (Å²) in [5, 5.41) is 11.7. The van der Waals surface area contributed by atoms with E-state index in [2.05, 4.69) is 9.97 Å². The second-order valence-corrected chi connectivity index (χ2v) is 2.97. The van der Waals surface area contributed by atoms with Gasteiger partial charge in [-0.2, -0.15) is 0 Å². The van der Waals surface area contributed by atoms with Crippen molar-refractivity contribution < 1.29 is 5.06 Å². The Morgan fingerprint density at radius 1 is 1.23 bits per heavy atom. The van der Waals surface area contributed by atoms with Crippen LogP contribution in [0.5, 0.6) is 0 Å². The van der Waals surface area contributed by atoms with Crippen LogP contribution in [0.25, 0.3) is 0 Å². The first-order valence-electron chi connectivity index (χ1n) is 4.11. The molecular formula is C9H11N3O. The average molecular weight is 177 g/mol. The van der Waals surface area contributed by atoms with Crippen LogP contribution in [-0.2, 0) is 0 Å². The maximum atomic E-state index is 11.7. The number of aromatic amines is 2. The number of rotatable bonds is 2. The molecule has 0 fully saturated rings. The summed E-state index contributed by atoms with van der Waals surface area (Å²) < 4.78 is 0. The van der Waals surface area contributed by atoms with Gasteiger partial charge in [-0.05, 0) is 19.1 Å². The van der Waals surface area contributed by atoms with Gasteiger partial charge in [-0.15, -0.1) is 0 Å². The van der Waals surface area contributed by atoms with Gasteiger partial charge in [0.1, 0.15) is 0 Å². The summed E-state index contributed by atoms with van der Waals surface area (Å²) in [5.74, 6) is 1.24. The summed E-state index contributed by atoms with van der Waals surface area (Å²) in [7, 11) is 0. The summed E-state index contributed by atoms with van der Waals surface area (Å²) >= 11 is 0. The van der Waals surface area contributed by atoms with Crippen LogP contribution in [0, 0.1) is 12.1 Å². The fourth-order valence-corrected chi connectivity index (χ4v) is 1.25. The molecule has 1 atom stereocenters. The van der Waals surface area contributed by atoms with Crippen molar-refractivity contribution in [2.24, 2.45) is 0 Å². The quantitative estimate of drug-likeness (QED) is 0.589. The summed E-state index contributed by atoms with van der Waals surface area (Å²) in [6.45, 7) is 1.92. The zero-order valence-electron chi connectivity index (χ0n) is 7.29. The minimum absolute atomic E-state index is 0.00176. The molecule has 2 aromatic rings. The van der Waals surface area contributed by atoms with E-state index < -0.39 is 0 Å². The molecule has 4 nitrogen and oxygen atoms in total. The number of quaternary nitrogens is 1. The highest BCUT2D eigenvalue weighted by Crippen LogP contribution is 2.04. The van der Waals surface area contributed by atoms with E-state index in [-0.39, 0.29) is 5.06 Å². The van der Waals surface area contributed by atoms with Crippen molar-refractivity contribution >= 4 is 11.6 Å². The minimum Gasteiger partial charge on any atom is -0.621 e. The molecule has 0 aromatic carbocycles. The van der Waals surface area contributed by atoms with Gasteiger partial charge in [-0.3, -0.25) is 5.06 Å². The first kappa shape index (κ1) is 8.10. The minimum atomic E-state index is -0.00176. The first-order chi connectivity index (χ1) is 6.27. The number of aryl methyl sites for hydroxylation is 1. The van der Waals surface area contributed by atoms with Gasteiger partial charge in [0.15, 0.2) is 0 Å². The summed E-state index contributed by atoms with van der Waals surface area (Å²) in [6.07, 6.45) is 1.74. The Morgan fingerprint density at radius 3 is 2.62 bits per heavy atom. The van der Waals surface area contributed by atoms with Gasteiger partial charge < -0.3 is 15.2 Å². The van der Waals surface area contributed by atoms with Gasteiger partial charge in [0.2, 0.25) is 11.6 Å². The molecule has 0 spiro atoms. The number of hydrogen-bond acceptors (Lipinski definition) is 1. The molecule has 3 N–H and O–H groups in total.